The van der Waals surface area contributed by atoms with E-state index in [-0.39, 0.29) is 13.2 Å². The van der Waals surface area contributed by atoms with E-state index in [1.165, 1.54) is 17.1 Å². The van der Waals surface area contributed by atoms with E-state index in [0.717, 1.165) is 10.5 Å². The van der Waals surface area contributed by atoms with Crippen LogP contribution in [0, 0.1) is 6.92 Å². The third-order valence-corrected chi connectivity index (χ3v) is 5.14. The molecule has 32 heavy (non-hydrogen) atoms. The molecule has 2 atom stereocenters. The van der Waals surface area contributed by atoms with Crippen LogP contribution in [0.25, 0.3) is 0 Å². The first kappa shape index (κ1) is 21.2. The number of amides is 3. The van der Waals surface area contributed by atoms with E-state index in [2.05, 4.69) is 15.7 Å². The highest BCUT2D eigenvalue weighted by Crippen LogP contribution is 2.31. The van der Waals surface area contributed by atoms with Crippen molar-refractivity contribution in [1.29, 1.82) is 0 Å². The number of aryl methyl sites for hydroxylation is 1. The maximum atomic E-state index is 13.0. The summed E-state index contributed by atoms with van der Waals surface area (Å²) in [6, 6.07) is 11.3. The molecule has 2 aromatic carbocycles. The van der Waals surface area contributed by atoms with Gasteiger partial charge < -0.3 is 10.1 Å². The average molecular weight is 435 g/mol. The van der Waals surface area contributed by atoms with E-state index in [4.69, 9.17) is 4.74 Å². The summed E-state index contributed by atoms with van der Waals surface area (Å²) in [7, 11) is 0. The molecular formula is C22H21N5O5. The predicted molar refractivity (Wildman–Crippen MR) is 114 cm³/mol. The maximum absolute atomic E-state index is 13.0. The maximum Gasteiger partial charge on any atom is 0.338 e. The van der Waals surface area contributed by atoms with Crippen LogP contribution >= 0.6 is 0 Å². The molecular weight excluding hydrogens is 414 g/mol. The number of anilines is 2. The molecule has 0 spiro atoms. The van der Waals surface area contributed by atoms with Gasteiger partial charge in [-0.1, -0.05) is 22.9 Å². The van der Waals surface area contributed by atoms with Gasteiger partial charge in [0.15, 0.2) is 12.1 Å². The molecule has 2 aromatic rings. The first-order valence-electron chi connectivity index (χ1n) is 10.1. The van der Waals surface area contributed by atoms with Crippen molar-refractivity contribution < 1.29 is 23.9 Å². The number of nitrogens with one attached hydrogen (secondary N) is 1. The number of hydrogen-bond acceptors (Lipinski definition) is 8. The predicted octanol–water partition coefficient (Wildman–Crippen LogP) is 2.10. The summed E-state index contributed by atoms with van der Waals surface area (Å²) in [6.07, 6.45) is 0. The zero-order valence-corrected chi connectivity index (χ0v) is 17.5. The highest BCUT2D eigenvalue weighted by atomic mass is 16.5. The minimum Gasteiger partial charge on any atom is -0.462 e. The highest BCUT2D eigenvalue weighted by Gasteiger charge is 2.55. The van der Waals surface area contributed by atoms with Crippen molar-refractivity contribution in [3.8, 4) is 0 Å². The van der Waals surface area contributed by atoms with Crippen LogP contribution in [0.3, 0.4) is 0 Å². The standard InChI is InChI=1S/C22H21N5O5/c1-3-32-22(31)14-6-8-15(9-7-14)23-17(28)12-26-19-18(24-25-26)20(29)27(21(19)30)16-10-4-13(2)5-11-16/h4-11,18-19H,3,12H2,1-2H3,(H,23,28)/t18-,19+/m1/s1. The molecule has 0 aromatic heterocycles. The van der Waals surface area contributed by atoms with Crippen LogP contribution in [0.4, 0.5) is 11.4 Å². The SMILES string of the molecule is CCOC(=O)c1ccc(NC(=O)CN2N=N[C@H]3C(=O)N(c4ccc(C)cc4)C(=O)[C@H]32)cc1. The molecule has 0 radical (unpaired) electrons. The van der Waals surface area contributed by atoms with Gasteiger partial charge in [-0.05, 0) is 50.2 Å². The Morgan fingerprint density at radius 3 is 2.38 bits per heavy atom. The number of fused-ring (bicyclic) bond motifs is 1. The molecule has 1 fully saturated rings. The smallest absolute Gasteiger partial charge is 0.338 e. The van der Waals surface area contributed by atoms with Crippen molar-refractivity contribution in [3.63, 3.8) is 0 Å². The second kappa shape index (κ2) is 8.58. The topological polar surface area (TPSA) is 121 Å². The van der Waals surface area contributed by atoms with Gasteiger partial charge in [0, 0.05) is 5.69 Å². The third kappa shape index (κ3) is 3.94. The first-order valence-corrected chi connectivity index (χ1v) is 10.1. The van der Waals surface area contributed by atoms with Gasteiger partial charge >= 0.3 is 5.97 Å². The van der Waals surface area contributed by atoms with Crippen LogP contribution in [-0.4, -0.2) is 53.9 Å². The molecule has 10 nitrogen and oxygen atoms in total. The fourth-order valence-electron chi connectivity index (χ4n) is 3.55. The Morgan fingerprint density at radius 2 is 1.72 bits per heavy atom. The lowest BCUT2D eigenvalue weighted by atomic mass is 10.1. The number of esters is 1. The van der Waals surface area contributed by atoms with E-state index in [1.54, 1.807) is 31.2 Å². The van der Waals surface area contributed by atoms with E-state index in [0.29, 0.717) is 16.9 Å². The molecule has 1 saturated heterocycles. The van der Waals surface area contributed by atoms with Crippen LogP contribution in [0.1, 0.15) is 22.8 Å². The van der Waals surface area contributed by atoms with Crippen molar-refractivity contribution in [2.75, 3.05) is 23.4 Å². The Hall–Kier alpha value is -4.08. The molecule has 2 aliphatic heterocycles. The lowest BCUT2D eigenvalue weighted by Gasteiger charge is -2.20. The van der Waals surface area contributed by atoms with E-state index < -0.39 is 35.8 Å². The zero-order valence-electron chi connectivity index (χ0n) is 17.5. The number of rotatable bonds is 6. The Balaban J connectivity index is 1.41. The highest BCUT2D eigenvalue weighted by molar-refractivity contribution is 6.25. The fourth-order valence-corrected chi connectivity index (χ4v) is 3.55. The van der Waals surface area contributed by atoms with Gasteiger partial charge in [0.25, 0.3) is 11.8 Å². The number of hydrogen-bond donors (Lipinski definition) is 1. The second-order valence-electron chi connectivity index (χ2n) is 7.39. The summed E-state index contributed by atoms with van der Waals surface area (Å²) in [5.74, 6) is -1.83. The summed E-state index contributed by atoms with van der Waals surface area (Å²) in [4.78, 5) is 51.0. The Kier molecular flexibility index (Phi) is 5.67. The van der Waals surface area contributed by atoms with Crippen LogP contribution in [0.2, 0.25) is 0 Å². The largest absolute Gasteiger partial charge is 0.462 e. The van der Waals surface area contributed by atoms with Crippen molar-refractivity contribution in [1.82, 2.24) is 5.01 Å². The molecule has 0 saturated carbocycles. The number of imide groups is 1. The lowest BCUT2D eigenvalue weighted by molar-refractivity contribution is -0.123. The molecule has 1 N–H and O–H groups in total. The van der Waals surface area contributed by atoms with Gasteiger partial charge in [-0.3, -0.25) is 19.4 Å². The number of ether oxygens (including phenoxy) is 1. The van der Waals surface area contributed by atoms with Gasteiger partial charge in [-0.15, -0.1) is 0 Å². The second-order valence-corrected chi connectivity index (χ2v) is 7.39. The van der Waals surface area contributed by atoms with Gasteiger partial charge in [0.05, 0.1) is 17.9 Å². The molecule has 2 heterocycles. The van der Waals surface area contributed by atoms with Crippen molar-refractivity contribution in [2.24, 2.45) is 10.3 Å². The van der Waals surface area contributed by atoms with Gasteiger partial charge in [0.1, 0.15) is 6.54 Å². The minimum atomic E-state index is -0.972. The Labute approximate surface area is 183 Å². The number of benzene rings is 2. The zero-order chi connectivity index (χ0) is 22.8. The van der Waals surface area contributed by atoms with Crippen LogP contribution < -0.4 is 10.2 Å². The van der Waals surface area contributed by atoms with E-state index in [9.17, 15) is 19.2 Å². The van der Waals surface area contributed by atoms with Crippen molar-refractivity contribution >= 4 is 35.1 Å². The number of carbonyl (C=O) groups excluding carboxylic acids is 4. The summed E-state index contributed by atoms with van der Waals surface area (Å²) in [5.41, 5.74) is 2.29. The van der Waals surface area contributed by atoms with Crippen LogP contribution in [0.15, 0.2) is 58.9 Å². The summed E-state index contributed by atoms with van der Waals surface area (Å²) >= 11 is 0. The van der Waals surface area contributed by atoms with Crippen molar-refractivity contribution in [2.45, 2.75) is 25.9 Å². The normalized spacial score (nSPS) is 19.3. The van der Waals surface area contributed by atoms with Gasteiger partial charge in [-0.2, -0.15) is 5.11 Å². The van der Waals surface area contributed by atoms with Crippen LogP contribution in [-0.2, 0) is 19.1 Å². The summed E-state index contributed by atoms with van der Waals surface area (Å²) in [6.45, 7) is 3.64. The molecule has 2 aliphatic rings. The summed E-state index contributed by atoms with van der Waals surface area (Å²) in [5, 5.41) is 11.7. The number of nitrogens with zero attached hydrogens (tertiary/aromatic N) is 4. The Morgan fingerprint density at radius 1 is 1.03 bits per heavy atom. The molecule has 164 valence electrons. The molecule has 0 aliphatic carbocycles. The van der Waals surface area contributed by atoms with Gasteiger partial charge in [-0.25, -0.2) is 9.69 Å². The fraction of sp³-hybridized carbons (Fsp3) is 0.273. The average Bonchev–Trinajstić information content (AvgIpc) is 3.29. The van der Waals surface area contributed by atoms with E-state index >= 15 is 0 Å². The van der Waals surface area contributed by atoms with E-state index in [1.807, 2.05) is 19.1 Å². The lowest BCUT2D eigenvalue weighted by Crippen LogP contribution is -2.43. The Bertz CT molecular complexity index is 1100. The molecule has 3 amide bonds. The minimum absolute atomic E-state index is 0.259. The monoisotopic (exact) mass is 435 g/mol. The molecule has 0 bridgehead atoms. The number of carbonyl (C=O) groups is 4. The van der Waals surface area contributed by atoms with Gasteiger partial charge in [0.2, 0.25) is 5.91 Å². The summed E-state index contributed by atoms with van der Waals surface area (Å²) < 4.78 is 4.92. The molecule has 10 heteroatoms. The first-order chi connectivity index (χ1) is 15.4. The van der Waals surface area contributed by atoms with Crippen molar-refractivity contribution in [3.05, 3.63) is 59.7 Å². The molecule has 4 rings (SSSR count). The van der Waals surface area contributed by atoms with Crippen LogP contribution in [0.5, 0.6) is 0 Å². The third-order valence-electron chi connectivity index (χ3n) is 5.14. The quantitative estimate of drug-likeness (QED) is 0.548. The molecule has 0 unspecified atom stereocenters.